The summed E-state index contributed by atoms with van der Waals surface area (Å²) in [6, 6.07) is 13.0. The fourth-order valence-corrected chi connectivity index (χ4v) is 4.75. The van der Waals surface area contributed by atoms with Crippen LogP contribution in [0.1, 0.15) is 49.3 Å². The highest BCUT2D eigenvalue weighted by Gasteiger charge is 2.40. The summed E-state index contributed by atoms with van der Waals surface area (Å²) in [4.78, 5) is 19.1. The van der Waals surface area contributed by atoms with Crippen molar-refractivity contribution in [2.75, 3.05) is 33.2 Å². The van der Waals surface area contributed by atoms with Crippen LogP contribution in [0.2, 0.25) is 0 Å². The minimum atomic E-state index is -4.72. The van der Waals surface area contributed by atoms with Gasteiger partial charge in [0.25, 0.3) is 0 Å². The third kappa shape index (κ3) is 6.09. The Hall–Kier alpha value is -2.61. The summed E-state index contributed by atoms with van der Waals surface area (Å²) in [5.74, 6) is -1.23. The van der Waals surface area contributed by atoms with Gasteiger partial charge in [0, 0.05) is 44.7 Å². The number of benzene rings is 2. The molecule has 1 heterocycles. The topological polar surface area (TPSA) is 26.8 Å². The molecule has 0 spiro atoms. The van der Waals surface area contributed by atoms with Gasteiger partial charge in [-0.3, -0.25) is 4.90 Å². The number of urea groups is 1. The zero-order valence-electron chi connectivity index (χ0n) is 20.0. The van der Waals surface area contributed by atoms with E-state index in [1.165, 1.54) is 6.07 Å². The number of likely N-dealkylation sites (tertiary alicyclic amines) is 1. The number of nitrogens with zero attached hydrogens (tertiary/aromatic N) is 3. The summed E-state index contributed by atoms with van der Waals surface area (Å²) in [5, 5.41) is 0. The van der Waals surface area contributed by atoms with Crippen LogP contribution in [0.5, 0.6) is 0 Å². The van der Waals surface area contributed by atoms with Gasteiger partial charge in [-0.2, -0.15) is 13.2 Å². The summed E-state index contributed by atoms with van der Waals surface area (Å²) in [5.41, 5.74) is 0.305. The Morgan fingerprint density at radius 3 is 2.24 bits per heavy atom. The first-order valence-electron chi connectivity index (χ1n) is 11.8. The van der Waals surface area contributed by atoms with Gasteiger partial charge in [0.15, 0.2) is 0 Å². The number of carbonyl (C=O) groups excluding carboxylic acids is 1. The van der Waals surface area contributed by atoms with Crippen molar-refractivity contribution in [2.24, 2.45) is 0 Å². The molecule has 0 aromatic heterocycles. The van der Waals surface area contributed by atoms with Gasteiger partial charge in [-0.05, 0) is 43.1 Å². The minimum Gasteiger partial charge on any atom is -0.325 e. The van der Waals surface area contributed by atoms with Crippen LogP contribution in [0.4, 0.5) is 22.4 Å². The summed E-state index contributed by atoms with van der Waals surface area (Å²) in [6.07, 6.45) is -2.96. The molecule has 2 atom stereocenters. The lowest BCUT2D eigenvalue weighted by atomic mass is 9.93. The van der Waals surface area contributed by atoms with E-state index in [4.69, 9.17) is 0 Å². The molecule has 0 saturated carbocycles. The van der Waals surface area contributed by atoms with Gasteiger partial charge in [-0.15, -0.1) is 0 Å². The van der Waals surface area contributed by atoms with Gasteiger partial charge >= 0.3 is 12.2 Å². The van der Waals surface area contributed by atoms with Crippen LogP contribution in [0.25, 0.3) is 0 Å². The molecule has 0 N–H and O–H groups in total. The summed E-state index contributed by atoms with van der Waals surface area (Å²) in [7, 11) is 1.88. The van der Waals surface area contributed by atoms with Crippen molar-refractivity contribution in [3.63, 3.8) is 0 Å². The zero-order chi connectivity index (χ0) is 24.9. The van der Waals surface area contributed by atoms with Crippen LogP contribution >= 0.6 is 0 Å². The highest BCUT2D eigenvalue weighted by molar-refractivity contribution is 5.75. The maximum atomic E-state index is 14.1. The van der Waals surface area contributed by atoms with Crippen LogP contribution in [-0.2, 0) is 12.7 Å². The molecule has 0 radical (unpaired) electrons. The zero-order valence-corrected chi connectivity index (χ0v) is 20.0. The molecule has 34 heavy (non-hydrogen) atoms. The SMILES string of the molecule is CCCN(CCC)C(=O)N1CC(N(C)Cc2ccc(C(F)(F)F)c(F)c2)[C@@H](c2ccccc2)C1. The minimum absolute atomic E-state index is 0.0149. The van der Waals surface area contributed by atoms with Gasteiger partial charge in [-0.25, -0.2) is 9.18 Å². The summed E-state index contributed by atoms with van der Waals surface area (Å²) >= 11 is 0. The molecule has 2 aromatic carbocycles. The smallest absolute Gasteiger partial charge is 0.325 e. The third-order valence-corrected chi connectivity index (χ3v) is 6.38. The summed E-state index contributed by atoms with van der Waals surface area (Å²) in [6.45, 7) is 6.83. The van der Waals surface area contributed by atoms with Crippen molar-refractivity contribution in [1.82, 2.24) is 14.7 Å². The lowest BCUT2D eigenvalue weighted by Crippen LogP contribution is -2.44. The molecule has 1 unspecified atom stereocenters. The van der Waals surface area contributed by atoms with Crippen molar-refractivity contribution < 1.29 is 22.4 Å². The van der Waals surface area contributed by atoms with E-state index in [0.29, 0.717) is 31.7 Å². The molecular formula is C26H33F4N3O. The van der Waals surface area contributed by atoms with E-state index < -0.39 is 17.6 Å². The quantitative estimate of drug-likeness (QED) is 0.435. The van der Waals surface area contributed by atoms with Gasteiger partial charge in [0.2, 0.25) is 0 Å². The van der Waals surface area contributed by atoms with Crippen LogP contribution in [0.3, 0.4) is 0 Å². The standard InChI is InChI=1S/C26H33F4N3O/c1-4-13-32(14-5-2)25(34)33-17-21(20-9-7-6-8-10-20)24(18-33)31(3)16-19-11-12-22(23(27)15-19)26(28,29)30/h6-12,15,21,24H,4-5,13-14,16-18H2,1-3H3/t21-,24?/m1/s1. The lowest BCUT2D eigenvalue weighted by Gasteiger charge is -2.30. The molecule has 4 nitrogen and oxygen atoms in total. The number of hydrogen-bond acceptors (Lipinski definition) is 2. The third-order valence-electron chi connectivity index (χ3n) is 6.38. The van der Waals surface area contributed by atoms with Crippen LogP contribution < -0.4 is 0 Å². The Labute approximate surface area is 199 Å². The molecule has 2 amide bonds. The van der Waals surface area contributed by atoms with E-state index in [1.807, 2.05) is 65.9 Å². The van der Waals surface area contributed by atoms with E-state index in [0.717, 1.165) is 30.5 Å². The van der Waals surface area contributed by atoms with E-state index in [1.54, 1.807) is 0 Å². The first kappa shape index (κ1) is 26.0. The average Bonchev–Trinajstić information content (AvgIpc) is 3.24. The number of carbonyl (C=O) groups is 1. The second-order valence-electron chi connectivity index (χ2n) is 8.99. The fraction of sp³-hybridized carbons (Fsp3) is 0.500. The molecule has 3 rings (SSSR count). The molecule has 8 heteroatoms. The largest absolute Gasteiger partial charge is 0.419 e. The number of likely N-dealkylation sites (N-methyl/N-ethyl adjacent to an activating group) is 1. The second-order valence-corrected chi connectivity index (χ2v) is 8.99. The van der Waals surface area contributed by atoms with E-state index in [9.17, 15) is 22.4 Å². The monoisotopic (exact) mass is 479 g/mol. The molecular weight excluding hydrogens is 446 g/mol. The number of halogens is 4. The normalized spacial score (nSPS) is 18.5. The second kappa shape index (κ2) is 11.2. The Morgan fingerprint density at radius 1 is 1.03 bits per heavy atom. The highest BCUT2D eigenvalue weighted by Crippen LogP contribution is 2.34. The predicted molar refractivity (Wildman–Crippen MR) is 125 cm³/mol. The fourth-order valence-electron chi connectivity index (χ4n) is 4.75. The van der Waals surface area contributed by atoms with Crippen LogP contribution in [-0.4, -0.2) is 60.0 Å². The molecule has 2 aromatic rings. The number of hydrogen-bond donors (Lipinski definition) is 0. The predicted octanol–water partition coefficient (Wildman–Crippen LogP) is 5.99. The van der Waals surface area contributed by atoms with Crippen molar-refractivity contribution in [2.45, 2.75) is 51.4 Å². The Balaban J connectivity index is 1.82. The van der Waals surface area contributed by atoms with Gasteiger partial charge in [0.1, 0.15) is 5.82 Å². The molecule has 1 saturated heterocycles. The molecule has 186 valence electrons. The highest BCUT2D eigenvalue weighted by atomic mass is 19.4. The molecule has 1 fully saturated rings. The Bertz CT molecular complexity index is 945. The Morgan fingerprint density at radius 2 is 1.68 bits per heavy atom. The van der Waals surface area contributed by atoms with Gasteiger partial charge < -0.3 is 9.80 Å². The van der Waals surface area contributed by atoms with Gasteiger partial charge in [0.05, 0.1) is 5.56 Å². The Kier molecular flexibility index (Phi) is 8.57. The van der Waals surface area contributed by atoms with Crippen molar-refractivity contribution in [3.05, 3.63) is 71.0 Å². The summed E-state index contributed by atoms with van der Waals surface area (Å²) < 4.78 is 52.9. The molecule has 0 aliphatic carbocycles. The van der Waals surface area contributed by atoms with E-state index in [2.05, 4.69) is 0 Å². The molecule has 1 aliphatic rings. The van der Waals surface area contributed by atoms with E-state index >= 15 is 0 Å². The maximum absolute atomic E-state index is 14.1. The number of rotatable bonds is 8. The average molecular weight is 480 g/mol. The van der Waals surface area contributed by atoms with Crippen LogP contribution in [0.15, 0.2) is 48.5 Å². The number of alkyl halides is 3. The van der Waals surface area contributed by atoms with Crippen molar-refractivity contribution in [3.8, 4) is 0 Å². The molecule has 0 bridgehead atoms. The first-order chi connectivity index (χ1) is 16.2. The van der Waals surface area contributed by atoms with Crippen molar-refractivity contribution in [1.29, 1.82) is 0 Å². The maximum Gasteiger partial charge on any atom is 0.419 e. The van der Waals surface area contributed by atoms with Crippen LogP contribution in [0, 0.1) is 5.82 Å². The molecule has 1 aliphatic heterocycles. The van der Waals surface area contributed by atoms with Gasteiger partial charge in [-0.1, -0.05) is 50.2 Å². The van der Waals surface area contributed by atoms with Crippen molar-refractivity contribution >= 4 is 6.03 Å². The number of amides is 2. The first-order valence-corrected chi connectivity index (χ1v) is 11.8. The van der Waals surface area contributed by atoms with E-state index in [-0.39, 0.29) is 24.5 Å². The lowest BCUT2D eigenvalue weighted by molar-refractivity contribution is -0.140.